The maximum atomic E-state index is 13.4. The molecular formula is C26H25ClN4O5S. The number of benzene rings is 1. The Morgan fingerprint density at radius 1 is 1.08 bits per heavy atom. The van der Waals surface area contributed by atoms with Gasteiger partial charge in [-0.3, -0.25) is 14.6 Å². The molecule has 0 saturated heterocycles. The molecule has 3 aromatic heterocycles. The van der Waals surface area contributed by atoms with Crippen LogP contribution in [0, 0.1) is 20.8 Å². The standard InChI is InChI=1S/C26H25ClN4O5S/c1-13-9-18(16(4)29-20-6-7-21(27)30-22(20)26(33)31-37(5,34)35)25-19(10-13)23(32)15(3)24(36-25)17-8-14(2)11-28-12-17/h6-12,16,29H,1-5H3,(H,31,33). The molecule has 37 heavy (non-hydrogen) atoms. The van der Waals surface area contributed by atoms with Crippen molar-refractivity contribution in [3.8, 4) is 11.3 Å². The Bertz CT molecular complexity index is 1720. The number of nitrogens with one attached hydrogen (secondary N) is 2. The number of anilines is 1. The summed E-state index contributed by atoms with van der Waals surface area (Å²) in [6, 6.07) is 8.09. The van der Waals surface area contributed by atoms with Crippen LogP contribution in [0.5, 0.6) is 0 Å². The highest BCUT2D eigenvalue weighted by atomic mass is 35.5. The normalized spacial score (nSPS) is 12.4. The molecule has 1 unspecified atom stereocenters. The van der Waals surface area contributed by atoms with E-state index in [1.807, 2.05) is 37.6 Å². The number of hydrogen-bond donors (Lipinski definition) is 2. The Morgan fingerprint density at radius 3 is 2.49 bits per heavy atom. The molecule has 3 heterocycles. The number of nitrogens with zero attached hydrogens (tertiary/aromatic N) is 2. The molecule has 4 aromatic rings. The van der Waals surface area contributed by atoms with Crippen LogP contribution in [0.4, 0.5) is 5.69 Å². The van der Waals surface area contributed by atoms with Crippen molar-refractivity contribution in [3.05, 3.63) is 86.0 Å². The molecule has 0 bridgehead atoms. The number of amides is 1. The van der Waals surface area contributed by atoms with Crippen molar-refractivity contribution in [3.63, 3.8) is 0 Å². The van der Waals surface area contributed by atoms with Gasteiger partial charge >= 0.3 is 0 Å². The number of rotatable bonds is 6. The predicted molar refractivity (Wildman–Crippen MR) is 144 cm³/mol. The van der Waals surface area contributed by atoms with Crippen molar-refractivity contribution in [1.29, 1.82) is 0 Å². The van der Waals surface area contributed by atoms with Gasteiger partial charge in [0.1, 0.15) is 16.5 Å². The zero-order valence-corrected chi connectivity index (χ0v) is 22.4. The average molecular weight is 541 g/mol. The highest BCUT2D eigenvalue weighted by Gasteiger charge is 2.22. The van der Waals surface area contributed by atoms with Gasteiger partial charge in [-0.1, -0.05) is 17.7 Å². The van der Waals surface area contributed by atoms with Crippen molar-refractivity contribution in [1.82, 2.24) is 14.7 Å². The van der Waals surface area contributed by atoms with Crippen LogP contribution in [0.15, 0.2) is 51.9 Å². The number of halogens is 1. The van der Waals surface area contributed by atoms with E-state index in [1.54, 1.807) is 25.4 Å². The third-order valence-electron chi connectivity index (χ3n) is 5.72. The quantitative estimate of drug-likeness (QED) is 0.337. The van der Waals surface area contributed by atoms with Crippen molar-refractivity contribution >= 4 is 44.2 Å². The molecule has 0 aliphatic rings. The summed E-state index contributed by atoms with van der Waals surface area (Å²) in [6.45, 7) is 7.33. The molecule has 1 aromatic carbocycles. The third kappa shape index (κ3) is 5.65. The van der Waals surface area contributed by atoms with Crippen molar-refractivity contribution in [2.24, 2.45) is 0 Å². The molecular weight excluding hydrogens is 516 g/mol. The minimum absolute atomic E-state index is 0.0238. The van der Waals surface area contributed by atoms with Crippen LogP contribution in [0.2, 0.25) is 5.15 Å². The maximum absolute atomic E-state index is 13.4. The van der Waals surface area contributed by atoms with Crippen LogP contribution in [0.25, 0.3) is 22.3 Å². The van der Waals surface area contributed by atoms with Gasteiger partial charge in [0.05, 0.1) is 23.4 Å². The number of carbonyl (C=O) groups is 1. The van der Waals surface area contributed by atoms with Crippen LogP contribution in [-0.4, -0.2) is 30.5 Å². The number of carbonyl (C=O) groups excluding carboxylic acids is 1. The first kappa shape index (κ1) is 26.3. The molecule has 192 valence electrons. The molecule has 0 aliphatic heterocycles. The molecule has 11 heteroatoms. The molecule has 0 saturated carbocycles. The van der Waals surface area contributed by atoms with E-state index in [4.69, 9.17) is 16.0 Å². The van der Waals surface area contributed by atoms with Gasteiger partial charge in [0.25, 0.3) is 5.91 Å². The lowest BCUT2D eigenvalue weighted by Crippen LogP contribution is -2.31. The summed E-state index contributed by atoms with van der Waals surface area (Å²) in [4.78, 5) is 34.2. The molecule has 0 fully saturated rings. The molecule has 2 N–H and O–H groups in total. The molecule has 4 rings (SSSR count). The number of aryl methyl sites for hydroxylation is 2. The van der Waals surface area contributed by atoms with E-state index in [-0.39, 0.29) is 22.0 Å². The van der Waals surface area contributed by atoms with Crippen molar-refractivity contribution in [2.45, 2.75) is 33.7 Å². The van der Waals surface area contributed by atoms with Gasteiger partial charge in [-0.25, -0.2) is 18.1 Å². The third-order valence-corrected chi connectivity index (χ3v) is 6.49. The van der Waals surface area contributed by atoms with Crippen LogP contribution >= 0.6 is 11.6 Å². The van der Waals surface area contributed by atoms with Crippen LogP contribution in [0.1, 0.15) is 45.7 Å². The fourth-order valence-electron chi connectivity index (χ4n) is 4.10. The lowest BCUT2D eigenvalue weighted by molar-refractivity contribution is 0.0977. The first-order valence-electron chi connectivity index (χ1n) is 11.3. The second-order valence-corrected chi connectivity index (χ2v) is 11.1. The number of pyridine rings is 2. The summed E-state index contributed by atoms with van der Waals surface area (Å²) in [5.41, 5.74) is 3.89. The number of aromatic nitrogens is 2. The van der Waals surface area contributed by atoms with Crippen LogP contribution in [0.3, 0.4) is 0 Å². The number of sulfonamides is 1. The SMILES string of the molecule is Cc1cncc(-c2oc3c(C(C)Nc4ccc(Cl)nc4C(=O)NS(C)(=O)=O)cc(C)cc3c(=O)c2C)c1. The average Bonchev–Trinajstić information content (AvgIpc) is 2.81. The summed E-state index contributed by atoms with van der Waals surface area (Å²) in [5, 5.41) is 3.64. The number of fused-ring (bicyclic) bond motifs is 1. The summed E-state index contributed by atoms with van der Waals surface area (Å²) in [6.07, 6.45) is 4.23. The first-order chi connectivity index (χ1) is 17.3. The minimum Gasteiger partial charge on any atom is -0.455 e. The highest BCUT2D eigenvalue weighted by Crippen LogP contribution is 2.32. The molecule has 1 amide bonds. The van der Waals surface area contributed by atoms with Crippen molar-refractivity contribution < 1.29 is 17.6 Å². The largest absolute Gasteiger partial charge is 0.455 e. The van der Waals surface area contributed by atoms with Gasteiger partial charge in [0.2, 0.25) is 10.0 Å². The van der Waals surface area contributed by atoms with Crippen molar-refractivity contribution in [2.75, 3.05) is 11.6 Å². The maximum Gasteiger partial charge on any atom is 0.285 e. The second-order valence-electron chi connectivity index (χ2n) is 8.97. The Hall–Kier alpha value is -3.76. The van der Waals surface area contributed by atoms with E-state index >= 15 is 0 Å². The topological polar surface area (TPSA) is 131 Å². The minimum atomic E-state index is -3.82. The van der Waals surface area contributed by atoms with Gasteiger partial charge in [-0.2, -0.15) is 0 Å². The molecule has 1 atom stereocenters. The summed E-state index contributed by atoms with van der Waals surface area (Å²) < 4.78 is 31.5. The van der Waals surface area contributed by atoms with Gasteiger partial charge in [-0.15, -0.1) is 0 Å². The van der Waals surface area contributed by atoms with E-state index in [0.717, 1.165) is 17.4 Å². The predicted octanol–water partition coefficient (Wildman–Crippen LogP) is 4.69. The number of hydrogen-bond acceptors (Lipinski definition) is 8. The zero-order chi connectivity index (χ0) is 27.1. The fraction of sp³-hybridized carbons (Fsp3) is 0.231. The van der Waals surface area contributed by atoms with Crippen LogP contribution in [-0.2, 0) is 10.0 Å². The molecule has 0 spiro atoms. The van der Waals surface area contributed by atoms with Gasteiger partial charge < -0.3 is 9.73 Å². The Balaban J connectivity index is 1.84. The Kier molecular flexibility index (Phi) is 7.07. The first-order valence-corrected chi connectivity index (χ1v) is 13.6. The van der Waals surface area contributed by atoms with Gasteiger partial charge in [-0.05, 0) is 63.1 Å². The summed E-state index contributed by atoms with van der Waals surface area (Å²) in [5.74, 6) is -0.502. The lowest BCUT2D eigenvalue weighted by Gasteiger charge is -2.20. The monoisotopic (exact) mass is 540 g/mol. The molecule has 0 radical (unpaired) electrons. The second kappa shape index (κ2) is 9.95. The summed E-state index contributed by atoms with van der Waals surface area (Å²) >= 11 is 5.98. The summed E-state index contributed by atoms with van der Waals surface area (Å²) in [7, 11) is -3.82. The Morgan fingerprint density at radius 2 is 1.81 bits per heavy atom. The van der Waals surface area contributed by atoms with E-state index in [0.29, 0.717) is 33.4 Å². The zero-order valence-electron chi connectivity index (χ0n) is 20.8. The van der Waals surface area contributed by atoms with Crippen LogP contribution < -0.4 is 15.5 Å². The van der Waals surface area contributed by atoms with E-state index < -0.39 is 22.0 Å². The van der Waals surface area contributed by atoms with Gasteiger partial charge in [0, 0.05) is 29.1 Å². The van der Waals surface area contributed by atoms with Gasteiger partial charge in [0.15, 0.2) is 11.1 Å². The highest BCUT2D eigenvalue weighted by molar-refractivity contribution is 7.89. The fourth-order valence-corrected chi connectivity index (χ4v) is 4.68. The molecule has 0 aliphatic carbocycles. The smallest absolute Gasteiger partial charge is 0.285 e. The Labute approximate surface area is 219 Å². The van der Waals surface area contributed by atoms with E-state index in [9.17, 15) is 18.0 Å². The lowest BCUT2D eigenvalue weighted by atomic mass is 9.99. The van der Waals surface area contributed by atoms with E-state index in [2.05, 4.69) is 15.3 Å². The van der Waals surface area contributed by atoms with E-state index in [1.165, 1.54) is 12.1 Å². The molecule has 9 nitrogen and oxygen atoms in total.